The number of hydrogen-bond donors (Lipinski definition) is 5. The van der Waals surface area contributed by atoms with Crippen molar-refractivity contribution in [1.82, 2.24) is 10.6 Å². The monoisotopic (exact) mass is 382 g/mol. The maximum absolute atomic E-state index is 7.43. The Morgan fingerprint density at radius 2 is 2.00 bits per heavy atom. The number of nitrogen functional groups attached to an aromatic ring is 1. The van der Waals surface area contributed by atoms with Crippen molar-refractivity contribution in [3.05, 3.63) is 75.8 Å². The average molecular weight is 383 g/mol. The SMILES string of the molecule is Cc1c(Cl)cccc1C1=CC(NCCc2ccc(C(=N)N)cc2)N=C(N)N1. The van der Waals surface area contributed by atoms with Gasteiger partial charge in [0.15, 0.2) is 5.96 Å². The van der Waals surface area contributed by atoms with Crippen LogP contribution >= 0.6 is 11.6 Å². The molecule has 2 aromatic rings. The van der Waals surface area contributed by atoms with Crippen molar-refractivity contribution in [2.45, 2.75) is 19.5 Å². The zero-order valence-electron chi connectivity index (χ0n) is 15.1. The van der Waals surface area contributed by atoms with E-state index < -0.39 is 0 Å². The zero-order valence-corrected chi connectivity index (χ0v) is 15.8. The Morgan fingerprint density at radius 3 is 2.70 bits per heavy atom. The highest BCUT2D eigenvalue weighted by Crippen LogP contribution is 2.25. The number of nitrogens with zero attached hydrogens (tertiary/aromatic N) is 1. The summed E-state index contributed by atoms with van der Waals surface area (Å²) < 4.78 is 0. The van der Waals surface area contributed by atoms with Gasteiger partial charge in [0.05, 0.1) is 0 Å². The van der Waals surface area contributed by atoms with Crippen LogP contribution < -0.4 is 22.1 Å². The zero-order chi connectivity index (χ0) is 19.4. The van der Waals surface area contributed by atoms with Gasteiger partial charge in [-0.25, -0.2) is 4.99 Å². The minimum atomic E-state index is -0.212. The van der Waals surface area contributed by atoms with E-state index in [1.54, 1.807) is 0 Å². The van der Waals surface area contributed by atoms with E-state index in [0.29, 0.717) is 5.96 Å². The van der Waals surface area contributed by atoms with E-state index in [2.05, 4.69) is 15.6 Å². The molecule has 0 saturated carbocycles. The topological polar surface area (TPSA) is 112 Å². The second kappa shape index (κ2) is 8.24. The molecular formula is C20H23ClN6. The first-order chi connectivity index (χ1) is 12.9. The minimum Gasteiger partial charge on any atom is -0.384 e. The molecule has 0 fully saturated rings. The number of aliphatic imine (C=N–C) groups is 1. The quantitative estimate of drug-likeness (QED) is 0.390. The van der Waals surface area contributed by atoms with Gasteiger partial charge in [-0.05, 0) is 36.6 Å². The van der Waals surface area contributed by atoms with Gasteiger partial charge in [-0.15, -0.1) is 0 Å². The van der Waals surface area contributed by atoms with Gasteiger partial charge in [-0.1, -0.05) is 48.0 Å². The fourth-order valence-corrected chi connectivity index (χ4v) is 3.11. The normalized spacial score (nSPS) is 16.3. The fraction of sp³-hybridized carbons (Fsp3) is 0.200. The lowest BCUT2D eigenvalue weighted by molar-refractivity contribution is 0.607. The molecule has 27 heavy (non-hydrogen) atoms. The van der Waals surface area contributed by atoms with Crippen molar-refractivity contribution in [1.29, 1.82) is 5.41 Å². The summed E-state index contributed by atoms with van der Waals surface area (Å²) in [6, 6.07) is 13.5. The summed E-state index contributed by atoms with van der Waals surface area (Å²) in [5.74, 6) is 0.448. The Bertz CT molecular complexity index is 901. The molecule has 0 spiro atoms. The highest BCUT2D eigenvalue weighted by molar-refractivity contribution is 6.31. The number of guanidine groups is 1. The third-order valence-corrected chi connectivity index (χ3v) is 4.86. The molecule has 1 unspecified atom stereocenters. The van der Waals surface area contributed by atoms with Gasteiger partial charge in [0.1, 0.15) is 12.0 Å². The van der Waals surface area contributed by atoms with Gasteiger partial charge in [0.2, 0.25) is 0 Å². The minimum absolute atomic E-state index is 0.0770. The Morgan fingerprint density at radius 1 is 1.26 bits per heavy atom. The third kappa shape index (κ3) is 4.67. The highest BCUT2D eigenvalue weighted by atomic mass is 35.5. The molecule has 0 aliphatic carbocycles. The molecule has 0 amide bonds. The smallest absolute Gasteiger partial charge is 0.195 e. The van der Waals surface area contributed by atoms with Gasteiger partial charge in [0, 0.05) is 28.4 Å². The van der Waals surface area contributed by atoms with Crippen molar-refractivity contribution >= 4 is 29.1 Å². The predicted molar refractivity (Wildman–Crippen MR) is 112 cm³/mol. The number of rotatable bonds is 6. The third-order valence-electron chi connectivity index (χ3n) is 4.46. The van der Waals surface area contributed by atoms with Crippen LogP contribution in [0.4, 0.5) is 0 Å². The van der Waals surface area contributed by atoms with Crippen LogP contribution in [0.1, 0.15) is 22.3 Å². The first kappa shape index (κ1) is 18.9. The Kier molecular flexibility index (Phi) is 5.78. The maximum Gasteiger partial charge on any atom is 0.195 e. The van der Waals surface area contributed by atoms with Crippen molar-refractivity contribution in [2.24, 2.45) is 16.5 Å². The highest BCUT2D eigenvalue weighted by Gasteiger charge is 2.16. The molecule has 0 aromatic heterocycles. The molecule has 7 N–H and O–H groups in total. The molecule has 3 rings (SSSR count). The molecule has 7 heteroatoms. The van der Waals surface area contributed by atoms with E-state index in [-0.39, 0.29) is 12.0 Å². The molecule has 0 saturated heterocycles. The average Bonchev–Trinajstić information content (AvgIpc) is 2.64. The summed E-state index contributed by atoms with van der Waals surface area (Å²) in [4.78, 5) is 4.40. The number of nitrogens with two attached hydrogens (primary N) is 2. The van der Waals surface area contributed by atoms with E-state index >= 15 is 0 Å². The molecular weight excluding hydrogens is 360 g/mol. The van der Waals surface area contributed by atoms with Crippen molar-refractivity contribution in [2.75, 3.05) is 6.54 Å². The maximum atomic E-state index is 7.43. The summed E-state index contributed by atoms with van der Waals surface area (Å²) in [6.45, 7) is 2.72. The summed E-state index contributed by atoms with van der Waals surface area (Å²) in [5, 5.41) is 14.7. The molecule has 0 radical (unpaired) electrons. The van der Waals surface area contributed by atoms with Crippen LogP contribution in [0.5, 0.6) is 0 Å². The van der Waals surface area contributed by atoms with Gasteiger partial charge in [-0.2, -0.15) is 0 Å². The molecule has 0 bridgehead atoms. The molecule has 1 aliphatic heterocycles. The molecule has 2 aromatic carbocycles. The summed E-state index contributed by atoms with van der Waals surface area (Å²) >= 11 is 6.23. The number of halogens is 1. The Hall–Kier alpha value is -2.83. The van der Waals surface area contributed by atoms with Crippen LogP contribution in [0.3, 0.4) is 0 Å². The molecule has 6 nitrogen and oxygen atoms in total. The predicted octanol–water partition coefficient (Wildman–Crippen LogP) is 2.35. The lowest BCUT2D eigenvalue weighted by Crippen LogP contribution is -2.40. The molecule has 1 aliphatic rings. The van der Waals surface area contributed by atoms with Crippen LogP contribution in [0, 0.1) is 12.3 Å². The van der Waals surface area contributed by atoms with E-state index in [0.717, 1.165) is 45.9 Å². The van der Waals surface area contributed by atoms with Crippen LogP contribution in [-0.2, 0) is 6.42 Å². The van der Waals surface area contributed by atoms with Gasteiger partial charge in [-0.3, -0.25) is 10.7 Å². The second-order valence-electron chi connectivity index (χ2n) is 6.39. The van der Waals surface area contributed by atoms with E-state index in [1.165, 1.54) is 0 Å². The van der Waals surface area contributed by atoms with E-state index in [9.17, 15) is 0 Å². The Balaban J connectivity index is 1.65. The summed E-state index contributed by atoms with van der Waals surface area (Å²) in [5.41, 5.74) is 16.2. The van der Waals surface area contributed by atoms with Crippen LogP contribution in [0.15, 0.2) is 53.5 Å². The standard InChI is InChI=1S/C20H23ClN6/c1-12-15(3-2-4-16(12)21)17-11-18(27-20(24)26-17)25-10-9-13-5-7-14(8-6-13)19(22)23/h2-8,11,18,25H,9-10H2,1H3,(H3,22,23)(H3,24,26,27). The largest absolute Gasteiger partial charge is 0.384 e. The molecule has 1 heterocycles. The Labute approximate surface area is 163 Å². The number of nitrogens with one attached hydrogen (secondary N) is 3. The van der Waals surface area contributed by atoms with Gasteiger partial charge in [0.25, 0.3) is 0 Å². The van der Waals surface area contributed by atoms with Crippen LogP contribution in [0.25, 0.3) is 5.70 Å². The van der Waals surface area contributed by atoms with Crippen LogP contribution in [0.2, 0.25) is 5.02 Å². The lowest BCUT2D eigenvalue weighted by Gasteiger charge is -2.22. The summed E-state index contributed by atoms with van der Waals surface area (Å²) in [6.07, 6.45) is 2.63. The molecule has 1 atom stereocenters. The number of hydrogen-bond acceptors (Lipinski definition) is 5. The fourth-order valence-electron chi connectivity index (χ4n) is 2.93. The van der Waals surface area contributed by atoms with E-state index in [4.69, 9.17) is 28.5 Å². The van der Waals surface area contributed by atoms with Crippen molar-refractivity contribution in [3.8, 4) is 0 Å². The van der Waals surface area contributed by atoms with E-state index in [1.807, 2.05) is 55.5 Å². The summed E-state index contributed by atoms with van der Waals surface area (Å²) in [7, 11) is 0. The second-order valence-corrected chi connectivity index (χ2v) is 6.80. The number of benzene rings is 2. The lowest BCUT2D eigenvalue weighted by atomic mass is 10.0. The molecule has 140 valence electrons. The van der Waals surface area contributed by atoms with Gasteiger partial charge >= 0.3 is 0 Å². The first-order valence-corrected chi connectivity index (χ1v) is 9.06. The van der Waals surface area contributed by atoms with Crippen LogP contribution in [-0.4, -0.2) is 24.5 Å². The first-order valence-electron chi connectivity index (χ1n) is 8.68. The number of amidine groups is 1. The van der Waals surface area contributed by atoms with Crippen molar-refractivity contribution < 1.29 is 0 Å². The van der Waals surface area contributed by atoms with Gasteiger partial charge < -0.3 is 16.8 Å². The van der Waals surface area contributed by atoms with Crippen molar-refractivity contribution in [3.63, 3.8) is 0 Å².